The van der Waals surface area contributed by atoms with Crippen molar-refractivity contribution in [3.05, 3.63) is 39.8 Å². The van der Waals surface area contributed by atoms with Gasteiger partial charge in [-0.15, -0.1) is 11.3 Å². The van der Waals surface area contributed by atoms with Gasteiger partial charge in [0.05, 0.1) is 33.5 Å². The number of ether oxygens (including phenoxy) is 4. The molecule has 0 bridgehead atoms. The van der Waals surface area contributed by atoms with E-state index in [1.165, 1.54) is 31.6 Å². The molecule has 0 unspecified atom stereocenters. The average Bonchev–Trinajstić information content (AvgIpc) is 3.32. The molecule has 0 saturated carbocycles. The number of hydrogen-bond acceptors (Lipinski definition) is 7. The fraction of sp³-hybridized carbons (Fsp3) is 0.364. The van der Waals surface area contributed by atoms with Gasteiger partial charge in [0.25, 0.3) is 0 Å². The van der Waals surface area contributed by atoms with Gasteiger partial charge in [-0.25, -0.2) is 4.79 Å². The van der Waals surface area contributed by atoms with E-state index < -0.39 is 5.97 Å². The molecule has 30 heavy (non-hydrogen) atoms. The summed E-state index contributed by atoms with van der Waals surface area (Å²) in [5.74, 6) is 0.697. The van der Waals surface area contributed by atoms with Gasteiger partial charge in [-0.2, -0.15) is 0 Å². The highest BCUT2D eigenvalue weighted by atomic mass is 32.1. The molecule has 1 aromatic heterocycles. The standard InChI is InChI=1S/C22H25NO6S/c1-5-29-22(25)18-14-7-6-8-16(14)30-21(18)23-17(24)12-10-13-9-11-15(26-2)20(28-4)19(13)27-3/h9-12H,5-8H2,1-4H3,(H,23,24)/b12-10+. The SMILES string of the molecule is CCOC(=O)c1c(NC(=O)/C=C/c2ccc(OC)c(OC)c2OC)sc2c1CCC2. The largest absolute Gasteiger partial charge is 0.493 e. The van der Waals surface area contributed by atoms with Crippen LogP contribution < -0.4 is 19.5 Å². The van der Waals surface area contributed by atoms with Gasteiger partial charge < -0.3 is 24.3 Å². The number of nitrogens with one attached hydrogen (secondary N) is 1. The van der Waals surface area contributed by atoms with E-state index in [1.54, 1.807) is 32.2 Å². The highest BCUT2D eigenvalue weighted by Crippen LogP contribution is 2.41. The topological polar surface area (TPSA) is 83.1 Å². The average molecular weight is 432 g/mol. The number of esters is 1. The van der Waals surface area contributed by atoms with Crippen molar-refractivity contribution in [2.75, 3.05) is 33.3 Å². The van der Waals surface area contributed by atoms with Crippen LogP contribution in [0.5, 0.6) is 17.2 Å². The molecule has 8 heteroatoms. The fourth-order valence-corrected chi connectivity index (χ4v) is 4.77. The zero-order valence-electron chi connectivity index (χ0n) is 17.5. The van der Waals surface area contributed by atoms with Crippen LogP contribution in [0.15, 0.2) is 18.2 Å². The second-order valence-corrected chi connectivity index (χ2v) is 7.63. The molecule has 1 aliphatic carbocycles. The van der Waals surface area contributed by atoms with E-state index in [0.717, 1.165) is 29.7 Å². The van der Waals surface area contributed by atoms with Crippen molar-refractivity contribution in [2.24, 2.45) is 0 Å². The number of hydrogen-bond donors (Lipinski definition) is 1. The summed E-state index contributed by atoms with van der Waals surface area (Å²) in [6.45, 7) is 2.05. The molecule has 7 nitrogen and oxygen atoms in total. The van der Waals surface area contributed by atoms with E-state index in [1.807, 2.05) is 0 Å². The summed E-state index contributed by atoms with van der Waals surface area (Å²) in [6.07, 6.45) is 5.78. The van der Waals surface area contributed by atoms with Gasteiger partial charge in [0.2, 0.25) is 11.7 Å². The van der Waals surface area contributed by atoms with E-state index in [4.69, 9.17) is 18.9 Å². The smallest absolute Gasteiger partial charge is 0.341 e. The molecule has 1 heterocycles. The Kier molecular flexibility index (Phi) is 6.99. The molecule has 1 N–H and O–H groups in total. The minimum atomic E-state index is -0.391. The maximum absolute atomic E-state index is 12.6. The highest BCUT2D eigenvalue weighted by Gasteiger charge is 2.28. The van der Waals surface area contributed by atoms with Crippen LogP contribution in [0, 0.1) is 0 Å². The predicted molar refractivity (Wildman–Crippen MR) is 116 cm³/mol. The second kappa shape index (κ2) is 9.67. The maximum Gasteiger partial charge on any atom is 0.341 e. The van der Waals surface area contributed by atoms with Crippen molar-refractivity contribution in [2.45, 2.75) is 26.2 Å². The van der Waals surface area contributed by atoms with Crippen LogP contribution in [0.4, 0.5) is 5.00 Å². The molecule has 2 aromatic rings. The molecule has 3 rings (SSSR count). The molecule has 0 atom stereocenters. The van der Waals surface area contributed by atoms with Crippen LogP contribution in [-0.4, -0.2) is 39.8 Å². The Hall–Kier alpha value is -3.00. The van der Waals surface area contributed by atoms with Gasteiger partial charge in [-0.05, 0) is 50.0 Å². The first-order valence-electron chi connectivity index (χ1n) is 9.63. The van der Waals surface area contributed by atoms with E-state index >= 15 is 0 Å². The highest BCUT2D eigenvalue weighted by molar-refractivity contribution is 7.17. The molecule has 1 amide bonds. The van der Waals surface area contributed by atoms with Crippen LogP contribution in [0.1, 0.15) is 39.7 Å². The second-order valence-electron chi connectivity index (χ2n) is 6.53. The van der Waals surface area contributed by atoms with Crippen LogP contribution >= 0.6 is 11.3 Å². The lowest BCUT2D eigenvalue weighted by Gasteiger charge is -2.14. The number of methoxy groups -OCH3 is 3. The van der Waals surface area contributed by atoms with Gasteiger partial charge in [-0.3, -0.25) is 4.79 Å². The molecule has 0 fully saturated rings. The summed E-state index contributed by atoms with van der Waals surface area (Å²) in [7, 11) is 4.58. The van der Waals surface area contributed by atoms with Gasteiger partial charge in [0.1, 0.15) is 5.00 Å². The number of benzene rings is 1. The van der Waals surface area contributed by atoms with Crippen molar-refractivity contribution in [3.8, 4) is 17.2 Å². The number of aryl methyl sites for hydroxylation is 1. The molecule has 0 saturated heterocycles. The Morgan fingerprint density at radius 1 is 1.10 bits per heavy atom. The third-order valence-electron chi connectivity index (χ3n) is 4.79. The van der Waals surface area contributed by atoms with Crippen LogP contribution in [0.3, 0.4) is 0 Å². The minimum Gasteiger partial charge on any atom is -0.493 e. The van der Waals surface area contributed by atoms with Gasteiger partial charge in [-0.1, -0.05) is 0 Å². The predicted octanol–water partition coefficient (Wildman–Crippen LogP) is 4.09. The summed E-state index contributed by atoms with van der Waals surface area (Å²) in [6, 6.07) is 3.51. The number of carbonyl (C=O) groups excluding carboxylic acids is 2. The lowest BCUT2D eigenvalue weighted by atomic mass is 10.1. The van der Waals surface area contributed by atoms with E-state index in [2.05, 4.69) is 5.32 Å². The number of amides is 1. The molecular formula is C22H25NO6S. The van der Waals surface area contributed by atoms with Crippen molar-refractivity contribution in [1.29, 1.82) is 0 Å². The van der Waals surface area contributed by atoms with Gasteiger partial charge in [0.15, 0.2) is 11.5 Å². The minimum absolute atomic E-state index is 0.288. The summed E-state index contributed by atoms with van der Waals surface area (Å²) < 4.78 is 21.3. The third kappa shape index (κ3) is 4.28. The number of fused-ring (bicyclic) bond motifs is 1. The van der Waals surface area contributed by atoms with Gasteiger partial charge in [0, 0.05) is 16.5 Å². The first-order chi connectivity index (χ1) is 14.5. The first-order valence-corrected chi connectivity index (χ1v) is 10.4. The molecular weight excluding hydrogens is 406 g/mol. The van der Waals surface area contributed by atoms with E-state index in [-0.39, 0.29) is 12.5 Å². The van der Waals surface area contributed by atoms with Crippen LogP contribution in [-0.2, 0) is 22.4 Å². The van der Waals surface area contributed by atoms with Crippen LogP contribution in [0.25, 0.3) is 6.08 Å². The Labute approximate surface area is 179 Å². The Bertz CT molecular complexity index is 978. The fourth-order valence-electron chi connectivity index (χ4n) is 3.49. The Morgan fingerprint density at radius 3 is 2.53 bits per heavy atom. The number of rotatable bonds is 8. The normalized spacial score (nSPS) is 12.5. The summed E-state index contributed by atoms with van der Waals surface area (Å²) in [5, 5.41) is 3.37. The number of carbonyl (C=O) groups is 2. The lowest BCUT2D eigenvalue weighted by Crippen LogP contribution is -2.13. The lowest BCUT2D eigenvalue weighted by molar-refractivity contribution is -0.111. The maximum atomic E-state index is 12.6. The molecule has 0 spiro atoms. The number of anilines is 1. The monoisotopic (exact) mass is 431 g/mol. The summed E-state index contributed by atoms with van der Waals surface area (Å²) in [4.78, 5) is 26.2. The Morgan fingerprint density at radius 2 is 1.87 bits per heavy atom. The van der Waals surface area contributed by atoms with Crippen molar-refractivity contribution in [1.82, 2.24) is 0 Å². The zero-order chi connectivity index (χ0) is 21.7. The quantitative estimate of drug-likeness (QED) is 0.501. The first kappa shape index (κ1) is 21.7. The number of thiophene rings is 1. The van der Waals surface area contributed by atoms with E-state index in [9.17, 15) is 9.59 Å². The van der Waals surface area contributed by atoms with E-state index in [0.29, 0.717) is 33.4 Å². The van der Waals surface area contributed by atoms with Crippen molar-refractivity contribution in [3.63, 3.8) is 0 Å². The third-order valence-corrected chi connectivity index (χ3v) is 5.99. The zero-order valence-corrected chi connectivity index (χ0v) is 18.3. The van der Waals surface area contributed by atoms with Crippen molar-refractivity contribution >= 4 is 34.3 Å². The van der Waals surface area contributed by atoms with Crippen molar-refractivity contribution < 1.29 is 28.5 Å². The molecule has 0 aliphatic heterocycles. The summed E-state index contributed by atoms with van der Waals surface area (Å²) in [5.41, 5.74) is 2.14. The van der Waals surface area contributed by atoms with Gasteiger partial charge >= 0.3 is 5.97 Å². The molecule has 1 aliphatic rings. The molecule has 1 aromatic carbocycles. The summed E-state index contributed by atoms with van der Waals surface area (Å²) >= 11 is 1.44. The molecule has 160 valence electrons. The molecule has 0 radical (unpaired) electrons. The Balaban J connectivity index is 1.83. The van der Waals surface area contributed by atoms with Crippen LogP contribution in [0.2, 0.25) is 0 Å².